The van der Waals surface area contributed by atoms with Crippen molar-refractivity contribution in [2.75, 3.05) is 13.2 Å². The van der Waals surface area contributed by atoms with Crippen LogP contribution in [0.15, 0.2) is 0 Å². The van der Waals surface area contributed by atoms with Gasteiger partial charge in [0, 0.05) is 0 Å². The van der Waals surface area contributed by atoms with Crippen LogP contribution in [-0.2, 0) is 4.79 Å². The van der Waals surface area contributed by atoms with Gasteiger partial charge in [0.2, 0.25) is 0 Å². The molecule has 0 aromatic carbocycles. The van der Waals surface area contributed by atoms with Gasteiger partial charge in [-0.1, -0.05) is 27.2 Å². The predicted octanol–water partition coefficient (Wildman–Crippen LogP) is 1.11. The molecule has 3 unspecified atom stereocenters. The van der Waals surface area contributed by atoms with Crippen molar-refractivity contribution in [3.8, 4) is 0 Å². The Hall–Kier alpha value is -0.650. The zero-order valence-corrected chi connectivity index (χ0v) is 12.1. The van der Waals surface area contributed by atoms with Gasteiger partial charge >= 0.3 is 5.97 Å². The van der Waals surface area contributed by atoms with E-state index in [0.717, 1.165) is 12.8 Å². The van der Waals surface area contributed by atoms with E-state index in [1.807, 2.05) is 0 Å². The molecule has 1 rings (SSSR count). The summed E-state index contributed by atoms with van der Waals surface area (Å²) in [5.41, 5.74) is 0. The number of hydrogen-bond acceptors (Lipinski definition) is 4. The van der Waals surface area contributed by atoms with Crippen molar-refractivity contribution < 1.29 is 25.2 Å². The van der Waals surface area contributed by atoms with Crippen molar-refractivity contribution >= 4 is 5.97 Å². The molecular weight excluding hydrogens is 248 g/mol. The van der Waals surface area contributed by atoms with Crippen LogP contribution in [0, 0.1) is 23.7 Å². The smallest absolute Gasteiger partial charge is 0.306 e. The first-order valence-electron chi connectivity index (χ1n) is 6.96. The second-order valence-corrected chi connectivity index (χ2v) is 5.79. The predicted molar refractivity (Wildman–Crippen MR) is 72.6 cm³/mol. The Morgan fingerprint density at radius 2 is 1.74 bits per heavy atom. The molecular formula is C14H28O5. The zero-order valence-electron chi connectivity index (χ0n) is 12.1. The van der Waals surface area contributed by atoms with Gasteiger partial charge in [-0.15, -0.1) is 0 Å². The molecule has 0 aliphatic heterocycles. The molecule has 5 nitrogen and oxygen atoms in total. The molecule has 0 aromatic rings. The lowest BCUT2D eigenvalue weighted by atomic mass is 9.70. The van der Waals surface area contributed by atoms with E-state index in [9.17, 15) is 4.79 Å². The number of hydrogen-bond donors (Lipinski definition) is 4. The van der Waals surface area contributed by atoms with Gasteiger partial charge in [0.05, 0.1) is 19.1 Å². The number of aliphatic hydroxyl groups is 3. The van der Waals surface area contributed by atoms with Crippen LogP contribution in [0.2, 0.25) is 0 Å². The van der Waals surface area contributed by atoms with E-state index in [0.29, 0.717) is 17.8 Å². The maximum Gasteiger partial charge on any atom is 0.306 e. The van der Waals surface area contributed by atoms with Crippen LogP contribution >= 0.6 is 0 Å². The Morgan fingerprint density at radius 3 is 2.05 bits per heavy atom. The van der Waals surface area contributed by atoms with E-state index in [4.69, 9.17) is 20.4 Å². The van der Waals surface area contributed by atoms with E-state index in [1.165, 1.54) is 6.42 Å². The average molecular weight is 276 g/mol. The third-order valence-electron chi connectivity index (χ3n) is 3.76. The van der Waals surface area contributed by atoms with Crippen LogP contribution in [0.1, 0.15) is 40.0 Å². The first-order chi connectivity index (χ1) is 8.83. The zero-order chi connectivity index (χ0) is 15.0. The summed E-state index contributed by atoms with van der Waals surface area (Å²) in [6.07, 6.45) is 2.21. The monoisotopic (exact) mass is 276 g/mol. The Labute approximate surface area is 115 Å². The van der Waals surface area contributed by atoms with Crippen LogP contribution in [0.4, 0.5) is 0 Å². The SMILES string of the molecule is CC1CCC(C(C)C)C(C(=O)O)C1.OCC(O)CO. The number of carboxylic acids is 1. The number of rotatable bonds is 4. The lowest BCUT2D eigenvalue weighted by Gasteiger charge is -2.34. The maximum atomic E-state index is 11.0. The summed E-state index contributed by atoms with van der Waals surface area (Å²) in [5, 5.41) is 33.1. The number of carbonyl (C=O) groups is 1. The van der Waals surface area contributed by atoms with Crippen LogP contribution in [0.25, 0.3) is 0 Å². The Morgan fingerprint density at radius 1 is 1.21 bits per heavy atom. The highest BCUT2D eigenvalue weighted by molar-refractivity contribution is 5.70. The Kier molecular flexibility index (Phi) is 8.97. The molecule has 0 saturated heterocycles. The molecule has 0 aromatic heterocycles. The number of carboxylic acid groups (broad SMARTS) is 1. The standard InChI is InChI=1S/C11H20O2.C3H8O3/c1-7(2)9-5-4-8(3)6-10(9)11(12)13;4-1-3(6)2-5/h7-10H,4-6H2,1-3H3,(H,12,13);3-6H,1-2H2. The minimum atomic E-state index is -0.954. The van der Waals surface area contributed by atoms with Crippen molar-refractivity contribution in [1.82, 2.24) is 0 Å². The first kappa shape index (κ1) is 18.4. The summed E-state index contributed by atoms with van der Waals surface area (Å²) < 4.78 is 0. The normalized spacial score (nSPS) is 27.1. The number of aliphatic carboxylic acids is 1. The van der Waals surface area contributed by atoms with E-state index >= 15 is 0 Å². The minimum Gasteiger partial charge on any atom is -0.481 e. The first-order valence-corrected chi connectivity index (χ1v) is 6.96. The van der Waals surface area contributed by atoms with Gasteiger partial charge in [0.25, 0.3) is 0 Å². The number of aliphatic hydroxyl groups excluding tert-OH is 3. The van der Waals surface area contributed by atoms with Gasteiger partial charge < -0.3 is 20.4 Å². The quantitative estimate of drug-likeness (QED) is 0.616. The molecule has 19 heavy (non-hydrogen) atoms. The molecule has 0 radical (unpaired) electrons. The largest absolute Gasteiger partial charge is 0.481 e. The van der Waals surface area contributed by atoms with Crippen LogP contribution in [-0.4, -0.2) is 45.7 Å². The minimum absolute atomic E-state index is 0.0938. The van der Waals surface area contributed by atoms with Crippen molar-refractivity contribution in [3.05, 3.63) is 0 Å². The van der Waals surface area contributed by atoms with Crippen molar-refractivity contribution in [1.29, 1.82) is 0 Å². The van der Waals surface area contributed by atoms with Crippen LogP contribution in [0.5, 0.6) is 0 Å². The lowest BCUT2D eigenvalue weighted by molar-refractivity contribution is -0.146. The highest BCUT2D eigenvalue weighted by atomic mass is 16.4. The van der Waals surface area contributed by atoms with Crippen molar-refractivity contribution in [3.63, 3.8) is 0 Å². The van der Waals surface area contributed by atoms with Gasteiger partial charge in [0.15, 0.2) is 0 Å². The van der Waals surface area contributed by atoms with E-state index in [1.54, 1.807) is 0 Å². The van der Waals surface area contributed by atoms with Crippen LogP contribution in [0.3, 0.4) is 0 Å². The fourth-order valence-electron chi connectivity index (χ4n) is 2.54. The van der Waals surface area contributed by atoms with E-state index in [-0.39, 0.29) is 19.1 Å². The van der Waals surface area contributed by atoms with Gasteiger partial charge in [-0.3, -0.25) is 4.79 Å². The van der Waals surface area contributed by atoms with Gasteiger partial charge in [-0.05, 0) is 30.6 Å². The fraction of sp³-hybridized carbons (Fsp3) is 0.929. The van der Waals surface area contributed by atoms with Crippen molar-refractivity contribution in [2.24, 2.45) is 23.7 Å². The maximum absolute atomic E-state index is 11.0. The molecule has 0 spiro atoms. The molecule has 1 saturated carbocycles. The summed E-state index contributed by atoms with van der Waals surface area (Å²) in [4.78, 5) is 11.0. The molecule has 1 aliphatic rings. The molecule has 3 atom stereocenters. The molecule has 1 fully saturated rings. The summed E-state index contributed by atoms with van der Waals surface area (Å²) in [5.74, 6) is 0.812. The molecule has 1 aliphatic carbocycles. The second-order valence-electron chi connectivity index (χ2n) is 5.79. The van der Waals surface area contributed by atoms with E-state index < -0.39 is 12.1 Å². The van der Waals surface area contributed by atoms with Crippen LogP contribution < -0.4 is 0 Å². The molecule has 114 valence electrons. The third-order valence-corrected chi connectivity index (χ3v) is 3.76. The molecule has 0 amide bonds. The Balaban J connectivity index is 0.000000459. The highest BCUT2D eigenvalue weighted by Crippen LogP contribution is 2.37. The summed E-state index contributed by atoms with van der Waals surface area (Å²) in [7, 11) is 0. The molecule has 4 N–H and O–H groups in total. The molecule has 0 heterocycles. The lowest BCUT2D eigenvalue weighted by Crippen LogP contribution is -2.33. The fourth-order valence-corrected chi connectivity index (χ4v) is 2.54. The second kappa shape index (κ2) is 9.28. The van der Waals surface area contributed by atoms with Gasteiger partial charge in [-0.2, -0.15) is 0 Å². The highest BCUT2D eigenvalue weighted by Gasteiger charge is 2.35. The molecule has 5 heteroatoms. The van der Waals surface area contributed by atoms with Gasteiger partial charge in [0.1, 0.15) is 6.10 Å². The summed E-state index contributed by atoms with van der Waals surface area (Å²) >= 11 is 0. The topological polar surface area (TPSA) is 98.0 Å². The van der Waals surface area contributed by atoms with Crippen molar-refractivity contribution in [2.45, 2.75) is 46.1 Å². The van der Waals surface area contributed by atoms with E-state index in [2.05, 4.69) is 20.8 Å². The summed E-state index contributed by atoms with van der Waals surface area (Å²) in [6, 6.07) is 0. The average Bonchev–Trinajstić information content (AvgIpc) is 2.37. The Bertz CT molecular complexity index is 250. The van der Waals surface area contributed by atoms with Gasteiger partial charge in [-0.25, -0.2) is 0 Å². The molecule has 0 bridgehead atoms. The summed E-state index contributed by atoms with van der Waals surface area (Å²) in [6.45, 7) is 5.70. The third kappa shape index (κ3) is 6.89.